The molecule has 0 aliphatic heterocycles. The van der Waals surface area contributed by atoms with E-state index in [-0.39, 0.29) is 5.82 Å². The van der Waals surface area contributed by atoms with E-state index in [9.17, 15) is 10.1 Å². The van der Waals surface area contributed by atoms with Crippen molar-refractivity contribution in [3.05, 3.63) is 34.8 Å². The van der Waals surface area contributed by atoms with Gasteiger partial charge in [0.2, 0.25) is 6.33 Å². The normalized spacial score (nSPS) is 10.7. The zero-order chi connectivity index (χ0) is 12.1. The Balaban J connectivity index is 2.46. The van der Waals surface area contributed by atoms with Gasteiger partial charge in [-0.1, -0.05) is 20.4 Å². The van der Waals surface area contributed by atoms with Crippen molar-refractivity contribution in [2.45, 2.75) is 26.4 Å². The fraction of sp³-hybridized carbons (Fsp3) is 0.500. The molecule has 6 heteroatoms. The number of hydrogen-bond acceptors (Lipinski definition) is 4. The summed E-state index contributed by atoms with van der Waals surface area (Å²) in [5.41, 5.74) is 0.959. The number of aromatic nitrogens is 2. The zero-order valence-electron chi connectivity index (χ0n) is 9.51. The number of rotatable bonds is 6. The Labute approximate surface area is 94.1 Å². The molecule has 88 valence electrons. The molecule has 6 nitrogen and oxygen atoms in total. The lowest BCUT2D eigenvalue weighted by Gasteiger charge is -2.10. The van der Waals surface area contributed by atoms with Gasteiger partial charge in [0.15, 0.2) is 0 Å². The van der Waals surface area contributed by atoms with E-state index in [1.807, 2.05) is 0 Å². The van der Waals surface area contributed by atoms with Crippen LogP contribution in [0.3, 0.4) is 0 Å². The summed E-state index contributed by atoms with van der Waals surface area (Å²) < 4.78 is 1.66. The average molecular weight is 224 g/mol. The lowest BCUT2D eigenvalue weighted by molar-refractivity contribution is -0.389. The standard InChI is InChI=1S/C10H16N4O2/c1-8(2)11-4-9(3)5-13-6-10(12-7-13)14(15)16/h6-8,11H,3-5H2,1-2H3. The fourth-order valence-corrected chi connectivity index (χ4v) is 1.19. The molecule has 0 atom stereocenters. The van der Waals surface area contributed by atoms with Crippen LogP contribution in [0.1, 0.15) is 13.8 Å². The van der Waals surface area contributed by atoms with Crippen LogP contribution in [-0.2, 0) is 6.54 Å². The molecule has 1 rings (SSSR count). The van der Waals surface area contributed by atoms with Crippen LogP contribution >= 0.6 is 0 Å². The van der Waals surface area contributed by atoms with E-state index in [4.69, 9.17) is 0 Å². The maximum absolute atomic E-state index is 10.4. The minimum absolute atomic E-state index is 0.135. The highest BCUT2D eigenvalue weighted by atomic mass is 16.6. The summed E-state index contributed by atoms with van der Waals surface area (Å²) in [5.74, 6) is -0.135. The van der Waals surface area contributed by atoms with Crippen molar-refractivity contribution in [3.63, 3.8) is 0 Å². The number of nitrogens with one attached hydrogen (secondary N) is 1. The van der Waals surface area contributed by atoms with Gasteiger partial charge in [0, 0.05) is 19.1 Å². The molecule has 0 saturated heterocycles. The summed E-state index contributed by atoms with van der Waals surface area (Å²) in [5, 5.41) is 13.6. The van der Waals surface area contributed by atoms with Crippen molar-refractivity contribution < 1.29 is 4.92 Å². The van der Waals surface area contributed by atoms with E-state index in [0.717, 1.165) is 5.57 Å². The number of hydrogen-bond donors (Lipinski definition) is 1. The van der Waals surface area contributed by atoms with Gasteiger partial charge in [-0.15, -0.1) is 0 Å². The molecule has 0 radical (unpaired) electrons. The molecule has 1 aromatic rings. The molecule has 0 amide bonds. The number of nitro groups is 1. The molecule has 0 aromatic carbocycles. The van der Waals surface area contributed by atoms with Crippen molar-refractivity contribution in [2.24, 2.45) is 0 Å². The molecule has 0 spiro atoms. The van der Waals surface area contributed by atoms with Crippen LogP contribution in [0.15, 0.2) is 24.7 Å². The molecule has 0 fully saturated rings. The van der Waals surface area contributed by atoms with Crippen LogP contribution in [-0.4, -0.2) is 27.1 Å². The van der Waals surface area contributed by atoms with Crippen LogP contribution in [0.5, 0.6) is 0 Å². The first-order chi connectivity index (χ1) is 7.49. The Morgan fingerprint density at radius 1 is 1.75 bits per heavy atom. The zero-order valence-corrected chi connectivity index (χ0v) is 9.51. The Kier molecular flexibility index (Phi) is 4.19. The van der Waals surface area contributed by atoms with E-state index in [2.05, 4.69) is 30.7 Å². The highest BCUT2D eigenvalue weighted by molar-refractivity contribution is 5.13. The highest BCUT2D eigenvalue weighted by Gasteiger charge is 2.09. The van der Waals surface area contributed by atoms with Crippen LogP contribution in [0.2, 0.25) is 0 Å². The highest BCUT2D eigenvalue weighted by Crippen LogP contribution is 2.07. The van der Waals surface area contributed by atoms with Gasteiger partial charge in [-0.2, -0.15) is 0 Å². The summed E-state index contributed by atoms with van der Waals surface area (Å²) in [6.07, 6.45) is 2.85. The van der Waals surface area contributed by atoms with Crippen LogP contribution in [0.25, 0.3) is 0 Å². The van der Waals surface area contributed by atoms with Crippen molar-refractivity contribution >= 4 is 5.82 Å². The second-order valence-corrected chi connectivity index (χ2v) is 3.95. The van der Waals surface area contributed by atoms with E-state index >= 15 is 0 Å². The summed E-state index contributed by atoms with van der Waals surface area (Å²) in [6, 6.07) is 0.397. The van der Waals surface area contributed by atoms with Crippen LogP contribution in [0, 0.1) is 10.1 Å². The van der Waals surface area contributed by atoms with E-state index in [0.29, 0.717) is 19.1 Å². The first-order valence-corrected chi connectivity index (χ1v) is 5.05. The lowest BCUT2D eigenvalue weighted by Crippen LogP contribution is -2.25. The van der Waals surface area contributed by atoms with Gasteiger partial charge in [-0.25, -0.2) is 0 Å². The first kappa shape index (κ1) is 12.4. The summed E-state index contributed by atoms with van der Waals surface area (Å²) in [4.78, 5) is 13.6. The molecule has 0 unspecified atom stereocenters. The topological polar surface area (TPSA) is 73.0 Å². The molecule has 1 N–H and O–H groups in total. The molecule has 0 bridgehead atoms. The molecule has 16 heavy (non-hydrogen) atoms. The third kappa shape index (κ3) is 3.82. The first-order valence-electron chi connectivity index (χ1n) is 5.05. The van der Waals surface area contributed by atoms with Gasteiger partial charge in [0.1, 0.15) is 6.20 Å². The predicted molar refractivity (Wildman–Crippen MR) is 61.2 cm³/mol. The Morgan fingerprint density at radius 2 is 2.44 bits per heavy atom. The second kappa shape index (κ2) is 5.41. The average Bonchev–Trinajstić information content (AvgIpc) is 2.63. The van der Waals surface area contributed by atoms with E-state index in [1.165, 1.54) is 12.5 Å². The molecule has 0 aliphatic rings. The largest absolute Gasteiger partial charge is 0.381 e. The van der Waals surface area contributed by atoms with Gasteiger partial charge < -0.3 is 20.0 Å². The Hall–Kier alpha value is -1.69. The second-order valence-electron chi connectivity index (χ2n) is 3.95. The number of nitrogens with zero attached hydrogens (tertiary/aromatic N) is 3. The molecular formula is C10H16N4O2. The van der Waals surface area contributed by atoms with Crippen LogP contribution < -0.4 is 5.32 Å². The van der Waals surface area contributed by atoms with Crippen molar-refractivity contribution in [1.82, 2.24) is 14.9 Å². The SMILES string of the molecule is C=C(CNC(C)C)Cn1cnc([N+](=O)[O-])c1. The van der Waals surface area contributed by atoms with Crippen molar-refractivity contribution in [3.8, 4) is 0 Å². The van der Waals surface area contributed by atoms with Crippen molar-refractivity contribution in [1.29, 1.82) is 0 Å². The summed E-state index contributed by atoms with van der Waals surface area (Å²) in [7, 11) is 0. The third-order valence-corrected chi connectivity index (χ3v) is 1.97. The lowest BCUT2D eigenvalue weighted by atomic mass is 10.3. The molecule has 1 heterocycles. The van der Waals surface area contributed by atoms with Gasteiger partial charge >= 0.3 is 5.82 Å². The quantitative estimate of drug-likeness (QED) is 0.449. The summed E-state index contributed by atoms with van der Waals surface area (Å²) in [6.45, 7) is 9.24. The van der Waals surface area contributed by atoms with Gasteiger partial charge in [-0.3, -0.25) is 0 Å². The molecular weight excluding hydrogens is 208 g/mol. The fourth-order valence-electron chi connectivity index (χ4n) is 1.19. The maximum atomic E-state index is 10.4. The van der Waals surface area contributed by atoms with Gasteiger partial charge in [0.05, 0.1) is 0 Å². The minimum Gasteiger partial charge on any atom is -0.358 e. The Morgan fingerprint density at radius 3 is 2.94 bits per heavy atom. The number of imidazole rings is 1. The Bertz CT molecular complexity index is 384. The minimum atomic E-state index is -0.508. The van der Waals surface area contributed by atoms with Gasteiger partial charge in [0.25, 0.3) is 0 Å². The molecule has 1 aromatic heterocycles. The monoisotopic (exact) mass is 224 g/mol. The predicted octanol–water partition coefficient (Wildman–Crippen LogP) is 1.35. The smallest absolute Gasteiger partial charge is 0.358 e. The third-order valence-electron chi connectivity index (χ3n) is 1.97. The van der Waals surface area contributed by atoms with Crippen molar-refractivity contribution in [2.75, 3.05) is 6.54 Å². The molecule has 0 saturated carbocycles. The summed E-state index contributed by atoms with van der Waals surface area (Å²) >= 11 is 0. The maximum Gasteiger partial charge on any atom is 0.381 e. The van der Waals surface area contributed by atoms with Crippen LogP contribution in [0.4, 0.5) is 5.82 Å². The van der Waals surface area contributed by atoms with E-state index in [1.54, 1.807) is 4.57 Å². The molecule has 0 aliphatic carbocycles. The van der Waals surface area contributed by atoms with E-state index < -0.39 is 4.92 Å². The van der Waals surface area contributed by atoms with Gasteiger partial charge in [-0.05, 0) is 15.5 Å².